The molecule has 11 rings (SSSR count). The minimum absolute atomic E-state index is 0.817. The van der Waals surface area contributed by atoms with Gasteiger partial charge in [-0.25, -0.2) is 0 Å². The normalized spacial score (nSPS) is 11.5. The van der Waals surface area contributed by atoms with Gasteiger partial charge in [-0.1, -0.05) is 176 Å². The molecule has 1 aromatic heterocycles. The molecular formula is C58H41NS. The van der Waals surface area contributed by atoms with Gasteiger partial charge in [-0.2, -0.15) is 0 Å². The summed E-state index contributed by atoms with van der Waals surface area (Å²) < 4.78 is 2.59. The Kier molecular flexibility index (Phi) is 9.26. The topological polar surface area (TPSA) is 3.24 Å². The minimum Gasteiger partial charge on any atom is -0.310 e. The van der Waals surface area contributed by atoms with Crippen molar-refractivity contribution in [1.82, 2.24) is 0 Å². The summed E-state index contributed by atoms with van der Waals surface area (Å²) >= 11 is 1.87. The molecule has 2 heteroatoms. The standard InChI is InChI=1S/C58H41NS/c1-3-16-40(17-4-1)36-43-20-7-9-22-48(43)50-35-34-47(38-45(50)37-41-18-5-2-6-19-41)59(55-27-15-29-57-58(55)53-26-13-14-28-56(53)60-57)46-32-30-42(31-33-46)54-39-44-21-8-10-23-49(44)51-24-11-12-25-52(51)54/h1-35,38-39H,36-37H2. The number of anilines is 3. The second kappa shape index (κ2) is 15.5. The van der Waals surface area contributed by atoms with Crippen molar-refractivity contribution >= 4 is 70.1 Å². The highest BCUT2D eigenvalue weighted by atomic mass is 32.1. The van der Waals surface area contributed by atoms with E-state index in [1.165, 1.54) is 91.9 Å². The van der Waals surface area contributed by atoms with Crippen LogP contribution in [0.25, 0.3) is 64.0 Å². The van der Waals surface area contributed by atoms with Crippen LogP contribution in [0.5, 0.6) is 0 Å². The van der Waals surface area contributed by atoms with Crippen LogP contribution in [0, 0.1) is 0 Å². The SMILES string of the molecule is c1ccc(Cc2ccccc2-c2ccc(N(c3ccc(-c4cc5ccccc5c5ccccc45)cc3)c3cccc4sc5ccccc5c34)cc2Cc2ccccc2)cc1. The number of hydrogen-bond donors (Lipinski definition) is 0. The molecule has 0 saturated heterocycles. The number of nitrogens with zero attached hydrogens (tertiary/aromatic N) is 1. The average Bonchev–Trinajstić information content (AvgIpc) is 3.70. The van der Waals surface area contributed by atoms with Crippen LogP contribution in [0.2, 0.25) is 0 Å². The summed E-state index contributed by atoms with van der Waals surface area (Å²) in [6.07, 6.45) is 1.69. The van der Waals surface area contributed by atoms with Crippen molar-refractivity contribution in [2.24, 2.45) is 0 Å². The van der Waals surface area contributed by atoms with E-state index in [0.29, 0.717) is 0 Å². The van der Waals surface area contributed by atoms with Crippen molar-refractivity contribution in [2.75, 3.05) is 4.90 Å². The molecule has 0 aliphatic heterocycles. The van der Waals surface area contributed by atoms with Gasteiger partial charge in [0.25, 0.3) is 0 Å². The van der Waals surface area contributed by atoms with Gasteiger partial charge in [-0.3, -0.25) is 0 Å². The third-order valence-corrected chi connectivity index (χ3v) is 13.1. The molecule has 10 aromatic carbocycles. The third kappa shape index (κ3) is 6.62. The Hall–Kier alpha value is -7.26. The second-order valence-corrected chi connectivity index (χ2v) is 16.7. The Balaban J connectivity index is 1.10. The molecule has 0 unspecified atom stereocenters. The molecule has 0 N–H and O–H groups in total. The fourth-order valence-corrected chi connectivity index (χ4v) is 10.3. The van der Waals surface area contributed by atoms with Gasteiger partial charge in [0, 0.05) is 31.5 Å². The van der Waals surface area contributed by atoms with Gasteiger partial charge in [-0.15, -0.1) is 11.3 Å². The molecule has 0 fully saturated rings. The summed E-state index contributed by atoms with van der Waals surface area (Å²) in [4.78, 5) is 2.48. The third-order valence-electron chi connectivity index (χ3n) is 12.0. The van der Waals surface area contributed by atoms with E-state index in [0.717, 1.165) is 24.2 Å². The largest absolute Gasteiger partial charge is 0.310 e. The number of hydrogen-bond acceptors (Lipinski definition) is 2. The van der Waals surface area contributed by atoms with E-state index in [-0.39, 0.29) is 0 Å². The van der Waals surface area contributed by atoms with Crippen LogP contribution in [0.4, 0.5) is 17.1 Å². The van der Waals surface area contributed by atoms with Crippen molar-refractivity contribution in [3.63, 3.8) is 0 Å². The Morgan fingerprint density at radius 2 is 0.933 bits per heavy atom. The highest BCUT2D eigenvalue weighted by Crippen LogP contribution is 2.46. The van der Waals surface area contributed by atoms with E-state index in [1.54, 1.807) is 0 Å². The first-order valence-electron chi connectivity index (χ1n) is 20.8. The van der Waals surface area contributed by atoms with Crippen molar-refractivity contribution in [1.29, 1.82) is 0 Å². The molecule has 0 aliphatic rings. The second-order valence-electron chi connectivity index (χ2n) is 15.6. The molecule has 0 radical (unpaired) electrons. The lowest BCUT2D eigenvalue weighted by Gasteiger charge is -2.28. The van der Waals surface area contributed by atoms with Crippen LogP contribution in [0.15, 0.2) is 224 Å². The van der Waals surface area contributed by atoms with E-state index in [4.69, 9.17) is 0 Å². The van der Waals surface area contributed by atoms with E-state index >= 15 is 0 Å². The minimum atomic E-state index is 0.817. The lowest BCUT2D eigenvalue weighted by molar-refractivity contribution is 1.16. The van der Waals surface area contributed by atoms with E-state index in [1.807, 2.05) is 11.3 Å². The zero-order chi connectivity index (χ0) is 39.8. The Bertz CT molecular complexity index is 3310. The smallest absolute Gasteiger partial charge is 0.0554 e. The fraction of sp³-hybridized carbons (Fsp3) is 0.0345. The van der Waals surface area contributed by atoms with E-state index < -0.39 is 0 Å². The molecule has 0 amide bonds. The maximum atomic E-state index is 2.48. The maximum absolute atomic E-state index is 2.48. The first-order valence-corrected chi connectivity index (χ1v) is 21.6. The monoisotopic (exact) mass is 783 g/mol. The first-order chi connectivity index (χ1) is 29.7. The Morgan fingerprint density at radius 1 is 0.350 bits per heavy atom. The van der Waals surface area contributed by atoms with Crippen molar-refractivity contribution < 1.29 is 0 Å². The molecule has 11 aromatic rings. The van der Waals surface area contributed by atoms with Gasteiger partial charge in [0.05, 0.1) is 5.69 Å². The highest BCUT2D eigenvalue weighted by molar-refractivity contribution is 7.26. The van der Waals surface area contributed by atoms with Gasteiger partial charge in [0.1, 0.15) is 0 Å². The summed E-state index contributed by atoms with van der Waals surface area (Å²) in [6, 6.07) is 82.5. The van der Waals surface area contributed by atoms with Gasteiger partial charge in [0.2, 0.25) is 0 Å². The molecular weight excluding hydrogens is 743 g/mol. The van der Waals surface area contributed by atoms with Gasteiger partial charge in [0.15, 0.2) is 0 Å². The van der Waals surface area contributed by atoms with Crippen LogP contribution >= 0.6 is 11.3 Å². The summed E-state index contributed by atoms with van der Waals surface area (Å²) in [6.45, 7) is 0. The lowest BCUT2D eigenvalue weighted by atomic mass is 9.89. The van der Waals surface area contributed by atoms with Gasteiger partial charge < -0.3 is 4.90 Å². The van der Waals surface area contributed by atoms with Crippen molar-refractivity contribution in [3.8, 4) is 22.3 Å². The molecule has 0 aliphatic carbocycles. The van der Waals surface area contributed by atoms with Crippen LogP contribution in [0.1, 0.15) is 22.3 Å². The van der Waals surface area contributed by atoms with Crippen LogP contribution in [-0.4, -0.2) is 0 Å². The van der Waals surface area contributed by atoms with Crippen LogP contribution in [0.3, 0.4) is 0 Å². The molecule has 1 nitrogen and oxygen atoms in total. The first kappa shape index (κ1) is 35.9. The van der Waals surface area contributed by atoms with Gasteiger partial charge in [-0.05, 0) is 127 Å². The molecule has 0 bridgehead atoms. The van der Waals surface area contributed by atoms with E-state index in [2.05, 4.69) is 229 Å². The molecule has 0 atom stereocenters. The summed E-state index contributed by atoms with van der Waals surface area (Å²) in [7, 11) is 0. The number of benzene rings is 10. The predicted octanol–water partition coefficient (Wildman–Crippen LogP) is 16.3. The molecule has 0 saturated carbocycles. The zero-order valence-corrected chi connectivity index (χ0v) is 33.9. The van der Waals surface area contributed by atoms with Crippen molar-refractivity contribution in [2.45, 2.75) is 12.8 Å². The van der Waals surface area contributed by atoms with E-state index in [9.17, 15) is 0 Å². The van der Waals surface area contributed by atoms with Crippen LogP contribution in [-0.2, 0) is 12.8 Å². The molecule has 284 valence electrons. The Morgan fingerprint density at radius 3 is 1.72 bits per heavy atom. The van der Waals surface area contributed by atoms with Gasteiger partial charge >= 0.3 is 0 Å². The molecule has 1 heterocycles. The number of rotatable bonds is 9. The molecule has 0 spiro atoms. The lowest BCUT2D eigenvalue weighted by Crippen LogP contribution is -2.11. The fourth-order valence-electron chi connectivity index (χ4n) is 9.15. The summed E-state index contributed by atoms with van der Waals surface area (Å²) in [5, 5.41) is 7.66. The quantitative estimate of drug-likeness (QED) is 0.132. The predicted molar refractivity (Wildman–Crippen MR) is 258 cm³/mol. The number of fused-ring (bicyclic) bond motifs is 6. The number of thiophene rings is 1. The highest BCUT2D eigenvalue weighted by Gasteiger charge is 2.21. The average molecular weight is 784 g/mol. The summed E-state index contributed by atoms with van der Waals surface area (Å²) in [5.41, 5.74) is 13.7. The maximum Gasteiger partial charge on any atom is 0.0554 e. The van der Waals surface area contributed by atoms with Crippen LogP contribution < -0.4 is 4.90 Å². The molecule has 60 heavy (non-hydrogen) atoms. The summed E-state index contributed by atoms with van der Waals surface area (Å²) in [5.74, 6) is 0. The Labute approximate surface area is 355 Å². The zero-order valence-electron chi connectivity index (χ0n) is 33.1. The van der Waals surface area contributed by atoms with Crippen molar-refractivity contribution in [3.05, 3.63) is 247 Å².